The van der Waals surface area contributed by atoms with Gasteiger partial charge in [0.15, 0.2) is 0 Å². The van der Waals surface area contributed by atoms with Crippen molar-refractivity contribution in [3.05, 3.63) is 90.5 Å². The molecule has 0 radical (unpaired) electrons. The lowest BCUT2D eigenvalue weighted by molar-refractivity contribution is -0.119. The average Bonchev–Trinajstić information content (AvgIpc) is 2.76. The summed E-state index contributed by atoms with van der Waals surface area (Å²) in [5.74, 6) is -0.533. The molecule has 1 N–H and O–H groups in total. The highest BCUT2D eigenvalue weighted by molar-refractivity contribution is 7.92. The normalized spacial score (nSPS) is 11.8. The van der Waals surface area contributed by atoms with Gasteiger partial charge in [0.1, 0.15) is 6.54 Å². The van der Waals surface area contributed by atoms with E-state index in [9.17, 15) is 13.2 Å². The highest BCUT2D eigenvalue weighted by Crippen LogP contribution is 2.28. The molecule has 7 heteroatoms. The van der Waals surface area contributed by atoms with Crippen LogP contribution in [0.5, 0.6) is 0 Å². The molecule has 0 aliphatic heterocycles. The highest BCUT2D eigenvalue weighted by atomic mass is 32.2. The first kappa shape index (κ1) is 20.6. The Morgan fingerprint density at radius 2 is 1.45 bits per heavy atom. The van der Waals surface area contributed by atoms with Crippen molar-refractivity contribution in [1.82, 2.24) is 5.43 Å². The summed E-state index contributed by atoms with van der Waals surface area (Å²) in [5, 5.41) is 7.76. The molecule has 0 atom stereocenters. The van der Waals surface area contributed by atoms with Crippen LogP contribution in [0.2, 0.25) is 0 Å². The van der Waals surface area contributed by atoms with Crippen molar-refractivity contribution in [3.63, 3.8) is 0 Å². The SMILES string of the molecule is CS(=O)(=O)N(CC(=O)N/N=C\c1cccc2ccccc12)c1cccc2ccccc12. The predicted molar refractivity (Wildman–Crippen MR) is 126 cm³/mol. The largest absolute Gasteiger partial charge is 0.271 e. The third kappa shape index (κ3) is 4.57. The molecule has 4 aromatic rings. The summed E-state index contributed by atoms with van der Waals surface area (Å²) in [7, 11) is -3.69. The second-order valence-electron chi connectivity index (χ2n) is 7.13. The molecule has 0 saturated heterocycles. The van der Waals surface area contributed by atoms with Gasteiger partial charge in [-0.3, -0.25) is 9.10 Å². The molecule has 0 aliphatic rings. The Bertz CT molecular complexity index is 1390. The number of anilines is 1. The Hall–Kier alpha value is -3.71. The van der Waals surface area contributed by atoms with Crippen molar-refractivity contribution >= 4 is 49.4 Å². The van der Waals surface area contributed by atoms with Crippen LogP contribution in [0.4, 0.5) is 5.69 Å². The van der Waals surface area contributed by atoms with Gasteiger partial charge in [-0.25, -0.2) is 13.8 Å². The molecule has 0 spiro atoms. The third-order valence-electron chi connectivity index (χ3n) is 4.94. The number of sulfonamides is 1. The van der Waals surface area contributed by atoms with Gasteiger partial charge in [-0.05, 0) is 22.2 Å². The van der Waals surface area contributed by atoms with Crippen LogP contribution in [0.25, 0.3) is 21.5 Å². The smallest absolute Gasteiger partial charge is 0.260 e. The minimum absolute atomic E-state index is 0.375. The Morgan fingerprint density at radius 3 is 2.16 bits per heavy atom. The molecule has 156 valence electrons. The average molecular weight is 432 g/mol. The maximum Gasteiger partial charge on any atom is 0.260 e. The molecule has 4 aromatic carbocycles. The summed E-state index contributed by atoms with van der Waals surface area (Å²) in [5.41, 5.74) is 3.75. The number of hydrogen-bond donors (Lipinski definition) is 1. The second kappa shape index (κ2) is 8.57. The van der Waals surface area contributed by atoms with Crippen LogP contribution in [0.3, 0.4) is 0 Å². The molecule has 4 rings (SSSR count). The number of nitrogens with one attached hydrogen (secondary N) is 1. The summed E-state index contributed by atoms with van der Waals surface area (Å²) in [4.78, 5) is 12.5. The molecule has 31 heavy (non-hydrogen) atoms. The van der Waals surface area contributed by atoms with E-state index in [2.05, 4.69) is 10.5 Å². The van der Waals surface area contributed by atoms with E-state index < -0.39 is 15.9 Å². The van der Waals surface area contributed by atoms with Crippen LogP contribution in [-0.2, 0) is 14.8 Å². The maximum absolute atomic E-state index is 12.5. The molecule has 0 aliphatic carbocycles. The molecule has 0 unspecified atom stereocenters. The number of fused-ring (bicyclic) bond motifs is 2. The lowest BCUT2D eigenvalue weighted by Crippen LogP contribution is -2.39. The van der Waals surface area contributed by atoms with Gasteiger partial charge in [-0.15, -0.1) is 0 Å². The first-order valence-electron chi connectivity index (χ1n) is 9.68. The fourth-order valence-electron chi connectivity index (χ4n) is 3.51. The van der Waals surface area contributed by atoms with E-state index in [1.54, 1.807) is 18.3 Å². The van der Waals surface area contributed by atoms with Gasteiger partial charge in [0, 0.05) is 10.9 Å². The number of rotatable bonds is 6. The lowest BCUT2D eigenvalue weighted by Gasteiger charge is -2.23. The molecule has 0 bridgehead atoms. The Morgan fingerprint density at radius 1 is 0.871 bits per heavy atom. The molecular formula is C24H21N3O3S. The topological polar surface area (TPSA) is 78.8 Å². The minimum atomic E-state index is -3.69. The van der Waals surface area contributed by atoms with E-state index >= 15 is 0 Å². The van der Waals surface area contributed by atoms with Gasteiger partial charge >= 0.3 is 0 Å². The van der Waals surface area contributed by atoms with Crippen LogP contribution in [0.1, 0.15) is 5.56 Å². The van der Waals surface area contributed by atoms with Crippen LogP contribution in [-0.4, -0.2) is 33.3 Å². The second-order valence-corrected chi connectivity index (χ2v) is 9.04. The molecule has 0 heterocycles. The van der Waals surface area contributed by atoms with E-state index in [-0.39, 0.29) is 6.54 Å². The summed E-state index contributed by atoms with van der Waals surface area (Å²) in [6.07, 6.45) is 2.64. The van der Waals surface area contributed by atoms with E-state index in [4.69, 9.17) is 0 Å². The van der Waals surface area contributed by atoms with Gasteiger partial charge in [-0.1, -0.05) is 78.9 Å². The summed E-state index contributed by atoms with van der Waals surface area (Å²) >= 11 is 0. The first-order valence-corrected chi connectivity index (χ1v) is 11.5. The number of hydrazone groups is 1. The van der Waals surface area contributed by atoms with E-state index in [1.807, 2.05) is 72.8 Å². The molecule has 0 aromatic heterocycles. The summed E-state index contributed by atoms with van der Waals surface area (Å²) in [6.45, 7) is -0.375. The third-order valence-corrected chi connectivity index (χ3v) is 6.07. The Balaban J connectivity index is 1.56. The van der Waals surface area contributed by atoms with Crippen LogP contribution >= 0.6 is 0 Å². The monoisotopic (exact) mass is 431 g/mol. The number of amides is 1. The number of carbonyl (C=O) groups excluding carboxylic acids is 1. The molecule has 0 fully saturated rings. The Labute approximate surface area is 180 Å². The zero-order valence-electron chi connectivity index (χ0n) is 16.9. The maximum atomic E-state index is 12.5. The number of nitrogens with zero attached hydrogens (tertiary/aromatic N) is 2. The van der Waals surface area contributed by atoms with Crippen LogP contribution in [0.15, 0.2) is 90.0 Å². The first-order chi connectivity index (χ1) is 14.9. The fraction of sp³-hybridized carbons (Fsp3) is 0.0833. The Kier molecular flexibility index (Phi) is 5.68. The predicted octanol–water partition coefficient (Wildman–Crippen LogP) is 3.91. The van der Waals surface area contributed by atoms with Gasteiger partial charge in [0.25, 0.3) is 5.91 Å². The highest BCUT2D eigenvalue weighted by Gasteiger charge is 2.22. The molecular weight excluding hydrogens is 410 g/mol. The van der Waals surface area contributed by atoms with Gasteiger partial charge in [0.05, 0.1) is 18.2 Å². The number of hydrogen-bond acceptors (Lipinski definition) is 4. The van der Waals surface area contributed by atoms with E-state index in [0.29, 0.717) is 5.69 Å². The zero-order valence-corrected chi connectivity index (χ0v) is 17.7. The van der Waals surface area contributed by atoms with Gasteiger partial charge in [-0.2, -0.15) is 5.10 Å². The van der Waals surface area contributed by atoms with Crippen LogP contribution < -0.4 is 9.73 Å². The minimum Gasteiger partial charge on any atom is -0.271 e. The fourth-order valence-corrected chi connectivity index (χ4v) is 4.38. The number of carbonyl (C=O) groups is 1. The molecule has 6 nitrogen and oxygen atoms in total. The van der Waals surface area contributed by atoms with Crippen molar-refractivity contribution in [2.45, 2.75) is 0 Å². The van der Waals surface area contributed by atoms with E-state index in [0.717, 1.165) is 37.7 Å². The van der Waals surface area contributed by atoms with Crippen molar-refractivity contribution in [2.24, 2.45) is 5.10 Å². The van der Waals surface area contributed by atoms with E-state index in [1.165, 1.54) is 0 Å². The van der Waals surface area contributed by atoms with Crippen molar-refractivity contribution in [3.8, 4) is 0 Å². The molecule has 0 saturated carbocycles. The summed E-state index contributed by atoms with van der Waals surface area (Å²) < 4.78 is 26.0. The van der Waals surface area contributed by atoms with Crippen LogP contribution in [0, 0.1) is 0 Å². The standard InChI is InChI=1S/C24H21N3O3S/c1-31(29,30)27(23-15-7-11-19-9-3-5-14-22(19)23)17-24(28)26-25-16-20-12-6-10-18-8-2-4-13-21(18)20/h2-16H,17H2,1H3,(H,26,28)/b25-16-. The van der Waals surface area contributed by atoms with Gasteiger partial charge < -0.3 is 0 Å². The van der Waals surface area contributed by atoms with Gasteiger partial charge in [0.2, 0.25) is 10.0 Å². The molecule has 1 amide bonds. The summed E-state index contributed by atoms with van der Waals surface area (Å²) in [6, 6.07) is 26.5. The van der Waals surface area contributed by atoms with Crippen molar-refractivity contribution < 1.29 is 13.2 Å². The zero-order chi connectivity index (χ0) is 21.8. The lowest BCUT2D eigenvalue weighted by atomic mass is 10.1. The number of benzene rings is 4. The van der Waals surface area contributed by atoms with Crippen molar-refractivity contribution in [1.29, 1.82) is 0 Å². The quantitative estimate of drug-likeness (QED) is 0.371. The van der Waals surface area contributed by atoms with Crippen molar-refractivity contribution in [2.75, 3.05) is 17.1 Å².